The van der Waals surface area contributed by atoms with Crippen molar-refractivity contribution in [1.29, 1.82) is 0 Å². The maximum atomic E-state index is 4.56. The monoisotopic (exact) mass is 244 g/mol. The highest BCUT2D eigenvalue weighted by Gasteiger charge is 2.17. The Bertz CT molecular complexity index is 530. The molecule has 2 aromatic rings. The summed E-state index contributed by atoms with van der Waals surface area (Å²) < 4.78 is 1.93. The maximum absolute atomic E-state index is 4.56. The molecule has 2 aromatic heterocycles. The van der Waals surface area contributed by atoms with Gasteiger partial charge in [-0.2, -0.15) is 5.10 Å². The molecule has 2 rings (SSSR count). The molecular weight excluding hydrogens is 224 g/mol. The number of pyridine rings is 1. The fraction of sp³-hybridized carbons (Fsp3) is 0.429. The van der Waals surface area contributed by atoms with Crippen molar-refractivity contribution in [3.8, 4) is 0 Å². The molecule has 2 heterocycles. The van der Waals surface area contributed by atoms with Crippen LogP contribution in [-0.2, 0) is 6.54 Å². The van der Waals surface area contributed by atoms with Gasteiger partial charge in [0.1, 0.15) is 0 Å². The van der Waals surface area contributed by atoms with Crippen LogP contribution in [0.15, 0.2) is 24.7 Å². The first-order valence-corrected chi connectivity index (χ1v) is 6.28. The maximum Gasteiger partial charge on any atom is 0.0782 e. The number of hydrogen-bond donors (Lipinski definition) is 1. The van der Waals surface area contributed by atoms with Crippen molar-refractivity contribution in [2.45, 2.75) is 33.4 Å². The van der Waals surface area contributed by atoms with Gasteiger partial charge in [-0.15, -0.1) is 0 Å². The van der Waals surface area contributed by atoms with Gasteiger partial charge in [-0.25, -0.2) is 0 Å². The molecule has 1 atom stereocenters. The van der Waals surface area contributed by atoms with Crippen LogP contribution in [0.5, 0.6) is 0 Å². The van der Waals surface area contributed by atoms with Crippen LogP contribution >= 0.6 is 0 Å². The molecule has 1 N–H and O–H groups in total. The number of aromatic nitrogens is 3. The van der Waals surface area contributed by atoms with Crippen molar-refractivity contribution in [2.75, 3.05) is 7.05 Å². The van der Waals surface area contributed by atoms with Crippen molar-refractivity contribution in [3.05, 3.63) is 47.0 Å². The topological polar surface area (TPSA) is 42.7 Å². The Labute approximate surface area is 108 Å². The van der Waals surface area contributed by atoms with Gasteiger partial charge >= 0.3 is 0 Å². The van der Waals surface area contributed by atoms with Crippen LogP contribution in [0.4, 0.5) is 0 Å². The summed E-state index contributed by atoms with van der Waals surface area (Å²) in [5, 5.41) is 7.64. The second-order valence-corrected chi connectivity index (χ2v) is 4.57. The summed E-state index contributed by atoms with van der Waals surface area (Å²) in [6.07, 6.45) is 5.89. The largest absolute Gasteiger partial charge is 0.308 e. The third kappa shape index (κ3) is 2.43. The van der Waals surface area contributed by atoms with E-state index < -0.39 is 0 Å². The average Bonchev–Trinajstić information content (AvgIpc) is 2.81. The molecule has 0 amide bonds. The minimum absolute atomic E-state index is 0.103. The summed E-state index contributed by atoms with van der Waals surface area (Å²) in [7, 11) is 1.95. The summed E-state index contributed by atoms with van der Waals surface area (Å²) in [4.78, 5) is 4.56. The lowest BCUT2D eigenvalue weighted by atomic mass is 10.0. The van der Waals surface area contributed by atoms with Gasteiger partial charge in [-0.1, -0.05) is 6.07 Å². The smallest absolute Gasteiger partial charge is 0.0782 e. The first kappa shape index (κ1) is 12.8. The zero-order valence-corrected chi connectivity index (χ0v) is 11.4. The van der Waals surface area contributed by atoms with E-state index in [-0.39, 0.29) is 6.04 Å². The lowest BCUT2D eigenvalue weighted by Crippen LogP contribution is -2.19. The molecule has 0 spiro atoms. The lowest BCUT2D eigenvalue weighted by molar-refractivity contribution is 0.647. The quantitative estimate of drug-likeness (QED) is 0.896. The molecule has 4 heteroatoms. The van der Waals surface area contributed by atoms with E-state index in [1.807, 2.05) is 24.1 Å². The van der Waals surface area contributed by atoms with E-state index in [4.69, 9.17) is 0 Å². The first-order valence-electron chi connectivity index (χ1n) is 6.28. The highest BCUT2D eigenvalue weighted by Crippen LogP contribution is 2.22. The second kappa shape index (κ2) is 5.31. The molecule has 0 radical (unpaired) electrons. The highest BCUT2D eigenvalue weighted by atomic mass is 15.3. The Hall–Kier alpha value is -1.68. The minimum atomic E-state index is 0.103. The molecule has 0 aliphatic heterocycles. The molecule has 0 saturated heterocycles. The predicted octanol–water partition coefficient (Wildman–Crippen LogP) is 2.22. The van der Waals surface area contributed by atoms with E-state index >= 15 is 0 Å². The lowest BCUT2D eigenvalue weighted by Gasteiger charge is -2.16. The number of hydrogen-bond acceptors (Lipinski definition) is 3. The number of aryl methyl sites for hydroxylation is 3. The van der Waals surface area contributed by atoms with Crippen LogP contribution in [0.25, 0.3) is 0 Å². The predicted molar refractivity (Wildman–Crippen MR) is 72.5 cm³/mol. The molecule has 0 bridgehead atoms. The van der Waals surface area contributed by atoms with E-state index in [9.17, 15) is 0 Å². The molecule has 0 aromatic carbocycles. The Morgan fingerprint density at radius 3 is 2.67 bits per heavy atom. The van der Waals surface area contributed by atoms with Gasteiger partial charge in [0.15, 0.2) is 0 Å². The zero-order valence-electron chi connectivity index (χ0n) is 11.4. The normalized spacial score (nSPS) is 12.7. The molecular formula is C14H20N4. The van der Waals surface area contributed by atoms with Crippen LogP contribution in [-0.4, -0.2) is 21.8 Å². The number of nitrogens with one attached hydrogen (secondary N) is 1. The molecule has 96 valence electrons. The van der Waals surface area contributed by atoms with Crippen LogP contribution in [0, 0.1) is 13.8 Å². The summed E-state index contributed by atoms with van der Waals surface area (Å²) in [5.74, 6) is 0. The third-order valence-electron chi connectivity index (χ3n) is 3.13. The van der Waals surface area contributed by atoms with Gasteiger partial charge in [0, 0.05) is 24.5 Å². The summed E-state index contributed by atoms with van der Waals surface area (Å²) in [6, 6.07) is 2.27. The SMILES string of the molecule is CCn1cc(C(NC)c2ncc(C)cc2C)cn1. The average molecular weight is 244 g/mol. The zero-order chi connectivity index (χ0) is 13.1. The van der Waals surface area contributed by atoms with Crippen molar-refractivity contribution >= 4 is 0 Å². The summed E-state index contributed by atoms with van der Waals surface area (Å²) in [6.45, 7) is 7.13. The Morgan fingerprint density at radius 1 is 1.33 bits per heavy atom. The van der Waals surface area contributed by atoms with E-state index in [1.54, 1.807) is 0 Å². The van der Waals surface area contributed by atoms with Crippen LogP contribution in [0.1, 0.15) is 35.3 Å². The Kier molecular flexibility index (Phi) is 3.77. The van der Waals surface area contributed by atoms with E-state index in [0.29, 0.717) is 0 Å². The van der Waals surface area contributed by atoms with Crippen molar-refractivity contribution < 1.29 is 0 Å². The van der Waals surface area contributed by atoms with Crippen LogP contribution in [0.2, 0.25) is 0 Å². The van der Waals surface area contributed by atoms with Crippen molar-refractivity contribution in [2.24, 2.45) is 0 Å². The minimum Gasteiger partial charge on any atom is -0.308 e. The second-order valence-electron chi connectivity index (χ2n) is 4.57. The summed E-state index contributed by atoms with van der Waals surface area (Å²) in [5.41, 5.74) is 4.62. The fourth-order valence-corrected chi connectivity index (χ4v) is 2.19. The standard InChI is InChI=1S/C14H20N4/c1-5-18-9-12(8-17-18)14(15-4)13-11(3)6-10(2)7-16-13/h6-9,14-15H,5H2,1-4H3. The molecule has 18 heavy (non-hydrogen) atoms. The Morgan fingerprint density at radius 2 is 2.11 bits per heavy atom. The van der Waals surface area contributed by atoms with E-state index in [0.717, 1.165) is 17.8 Å². The molecule has 1 unspecified atom stereocenters. The Balaban J connectivity index is 2.38. The molecule has 0 saturated carbocycles. The molecule has 4 nitrogen and oxygen atoms in total. The fourth-order valence-electron chi connectivity index (χ4n) is 2.19. The van der Waals surface area contributed by atoms with Gasteiger partial charge in [0.25, 0.3) is 0 Å². The van der Waals surface area contributed by atoms with Crippen LogP contribution in [0.3, 0.4) is 0 Å². The number of rotatable bonds is 4. The van der Waals surface area contributed by atoms with Crippen LogP contribution < -0.4 is 5.32 Å². The van der Waals surface area contributed by atoms with Gasteiger partial charge in [-0.3, -0.25) is 9.67 Å². The molecule has 0 aliphatic carbocycles. The number of nitrogens with zero attached hydrogens (tertiary/aromatic N) is 3. The highest BCUT2D eigenvalue weighted by molar-refractivity contribution is 5.31. The van der Waals surface area contributed by atoms with Crippen molar-refractivity contribution in [1.82, 2.24) is 20.1 Å². The van der Waals surface area contributed by atoms with Gasteiger partial charge < -0.3 is 5.32 Å². The third-order valence-corrected chi connectivity index (χ3v) is 3.13. The molecule has 0 fully saturated rings. The summed E-state index contributed by atoms with van der Waals surface area (Å²) >= 11 is 0. The van der Waals surface area contributed by atoms with Gasteiger partial charge in [0.05, 0.1) is 17.9 Å². The molecule has 0 aliphatic rings. The van der Waals surface area contributed by atoms with E-state index in [1.165, 1.54) is 11.1 Å². The van der Waals surface area contributed by atoms with E-state index in [2.05, 4.69) is 48.4 Å². The van der Waals surface area contributed by atoms with Crippen molar-refractivity contribution in [3.63, 3.8) is 0 Å². The first-order chi connectivity index (χ1) is 8.65. The van der Waals surface area contributed by atoms with Gasteiger partial charge in [-0.05, 0) is 38.9 Å². The van der Waals surface area contributed by atoms with Gasteiger partial charge in [0.2, 0.25) is 0 Å².